The van der Waals surface area contributed by atoms with Gasteiger partial charge in [0.1, 0.15) is 0 Å². The van der Waals surface area contributed by atoms with Gasteiger partial charge >= 0.3 is 6.18 Å². The summed E-state index contributed by atoms with van der Waals surface area (Å²) in [5, 5.41) is 2.39. The quantitative estimate of drug-likeness (QED) is 0.763. The Balaban J connectivity index is 1.63. The van der Waals surface area contributed by atoms with Crippen molar-refractivity contribution in [2.75, 3.05) is 36.4 Å². The van der Waals surface area contributed by atoms with Gasteiger partial charge in [0.25, 0.3) is 0 Å². The first-order valence-corrected chi connectivity index (χ1v) is 9.76. The molecule has 2 aromatic rings. The van der Waals surface area contributed by atoms with Gasteiger partial charge in [0.05, 0.1) is 17.3 Å². The monoisotopic (exact) mass is 425 g/mol. The fraction of sp³-hybridized carbons (Fsp3) is 0.381. The molecule has 3 rings (SSSR count). The Kier molecular flexibility index (Phi) is 6.39. The van der Waals surface area contributed by atoms with Crippen LogP contribution in [0.15, 0.2) is 42.5 Å². The average Bonchev–Trinajstić information content (AvgIpc) is 2.68. The summed E-state index contributed by atoms with van der Waals surface area (Å²) in [6, 6.07) is 11.0. The highest BCUT2D eigenvalue weighted by Crippen LogP contribution is 2.36. The minimum absolute atomic E-state index is 0.0318. The van der Waals surface area contributed by atoms with Crippen LogP contribution in [0.25, 0.3) is 0 Å². The zero-order valence-corrected chi connectivity index (χ0v) is 17.0. The molecule has 4 nitrogen and oxygen atoms in total. The summed E-state index contributed by atoms with van der Waals surface area (Å²) < 4.78 is 39.7. The molecule has 29 heavy (non-hydrogen) atoms. The molecule has 8 heteroatoms. The van der Waals surface area contributed by atoms with Gasteiger partial charge in [-0.1, -0.05) is 23.7 Å². The van der Waals surface area contributed by atoms with E-state index in [1.165, 1.54) is 17.7 Å². The normalized spacial score (nSPS) is 16.6. The third-order valence-electron chi connectivity index (χ3n) is 5.15. The number of hydrogen-bond donors (Lipinski definition) is 1. The highest BCUT2D eigenvalue weighted by molar-refractivity contribution is 6.30. The van der Waals surface area contributed by atoms with E-state index in [4.69, 9.17) is 11.6 Å². The van der Waals surface area contributed by atoms with Gasteiger partial charge in [-0.2, -0.15) is 13.2 Å². The van der Waals surface area contributed by atoms with E-state index in [9.17, 15) is 18.0 Å². The Morgan fingerprint density at radius 2 is 1.79 bits per heavy atom. The Bertz CT molecular complexity index is 880. The Hall–Kier alpha value is -2.25. The highest BCUT2D eigenvalue weighted by Gasteiger charge is 2.35. The number of alkyl halides is 3. The summed E-state index contributed by atoms with van der Waals surface area (Å²) in [5.41, 5.74) is 1.09. The van der Waals surface area contributed by atoms with E-state index < -0.39 is 23.7 Å². The predicted molar refractivity (Wildman–Crippen MR) is 110 cm³/mol. The third-order valence-corrected chi connectivity index (χ3v) is 5.39. The molecule has 1 aliphatic rings. The first kappa shape index (κ1) is 21.5. The van der Waals surface area contributed by atoms with Crippen LogP contribution in [0.2, 0.25) is 5.02 Å². The van der Waals surface area contributed by atoms with Crippen LogP contribution >= 0.6 is 11.6 Å². The zero-order valence-electron chi connectivity index (χ0n) is 16.3. The van der Waals surface area contributed by atoms with Crippen LogP contribution in [-0.4, -0.2) is 43.0 Å². The van der Waals surface area contributed by atoms with Crippen LogP contribution in [0, 0.1) is 6.92 Å². The Morgan fingerprint density at radius 3 is 2.41 bits per heavy atom. The molecule has 0 spiro atoms. The van der Waals surface area contributed by atoms with Crippen molar-refractivity contribution < 1.29 is 18.0 Å². The first-order valence-electron chi connectivity index (χ1n) is 9.38. The molecule has 1 N–H and O–H groups in total. The molecule has 0 aliphatic carbocycles. The minimum Gasteiger partial charge on any atom is -0.369 e. The number of amides is 1. The van der Waals surface area contributed by atoms with Crippen LogP contribution in [0.3, 0.4) is 0 Å². The third kappa shape index (κ3) is 5.22. The minimum atomic E-state index is -4.60. The van der Waals surface area contributed by atoms with Gasteiger partial charge in [-0.3, -0.25) is 9.69 Å². The molecule has 156 valence electrons. The number of aryl methyl sites for hydroxylation is 1. The van der Waals surface area contributed by atoms with Crippen molar-refractivity contribution in [3.63, 3.8) is 0 Å². The van der Waals surface area contributed by atoms with E-state index in [-0.39, 0.29) is 10.7 Å². The van der Waals surface area contributed by atoms with Gasteiger partial charge in [-0.15, -0.1) is 0 Å². The summed E-state index contributed by atoms with van der Waals surface area (Å²) in [4.78, 5) is 16.8. The van der Waals surface area contributed by atoms with Crippen molar-refractivity contribution in [3.05, 3.63) is 58.6 Å². The Labute approximate surface area is 173 Å². The fourth-order valence-corrected chi connectivity index (χ4v) is 3.63. The second kappa shape index (κ2) is 8.63. The van der Waals surface area contributed by atoms with Gasteiger partial charge in [-0.05, 0) is 49.7 Å². The van der Waals surface area contributed by atoms with Crippen molar-refractivity contribution in [3.8, 4) is 0 Å². The van der Waals surface area contributed by atoms with E-state index in [1.807, 2.05) is 24.0 Å². The zero-order chi connectivity index (χ0) is 21.2. The maximum atomic E-state index is 13.2. The SMILES string of the molecule is Cc1cccc(N2CCN(C(C)C(=O)Nc3ccc(Cl)cc3C(F)(F)F)CC2)c1. The summed E-state index contributed by atoms with van der Waals surface area (Å²) in [7, 11) is 0. The lowest BCUT2D eigenvalue weighted by molar-refractivity contribution is -0.137. The number of hydrogen-bond acceptors (Lipinski definition) is 3. The van der Waals surface area contributed by atoms with Crippen molar-refractivity contribution in [1.82, 2.24) is 4.90 Å². The van der Waals surface area contributed by atoms with E-state index in [0.717, 1.165) is 24.8 Å². The number of anilines is 2. The molecule has 1 unspecified atom stereocenters. The standard InChI is InChI=1S/C21H23ClF3N3O/c1-14-4-3-5-17(12-14)28-10-8-27(9-11-28)15(2)20(29)26-19-7-6-16(22)13-18(19)21(23,24)25/h3-7,12-13,15H,8-11H2,1-2H3,(H,26,29). The van der Waals surface area contributed by atoms with Gasteiger partial charge in [0.2, 0.25) is 5.91 Å². The van der Waals surface area contributed by atoms with Gasteiger partial charge in [-0.25, -0.2) is 0 Å². The molecule has 1 saturated heterocycles. The van der Waals surface area contributed by atoms with Crippen LogP contribution in [0.1, 0.15) is 18.1 Å². The molecule has 2 aromatic carbocycles. The summed E-state index contributed by atoms with van der Waals surface area (Å²) >= 11 is 5.69. The van der Waals surface area contributed by atoms with Gasteiger partial charge in [0.15, 0.2) is 0 Å². The van der Waals surface area contributed by atoms with Gasteiger partial charge in [0, 0.05) is 36.9 Å². The van der Waals surface area contributed by atoms with Crippen molar-refractivity contribution in [1.29, 1.82) is 0 Å². The molecular formula is C21H23ClF3N3O. The topological polar surface area (TPSA) is 35.6 Å². The van der Waals surface area contributed by atoms with Crippen LogP contribution in [0.5, 0.6) is 0 Å². The molecule has 0 saturated carbocycles. The molecule has 1 amide bonds. The van der Waals surface area contributed by atoms with Crippen molar-refractivity contribution >= 4 is 28.9 Å². The average molecular weight is 426 g/mol. The molecule has 1 atom stereocenters. The smallest absolute Gasteiger partial charge is 0.369 e. The number of rotatable bonds is 4. The maximum Gasteiger partial charge on any atom is 0.418 e. The Morgan fingerprint density at radius 1 is 1.10 bits per heavy atom. The number of piperazine rings is 1. The molecule has 1 fully saturated rings. The number of halogens is 4. The summed E-state index contributed by atoms with van der Waals surface area (Å²) in [6.45, 7) is 6.54. The lowest BCUT2D eigenvalue weighted by Gasteiger charge is -2.38. The second-order valence-corrected chi connectivity index (χ2v) is 7.65. The molecule has 0 radical (unpaired) electrons. The predicted octanol–water partition coefficient (Wildman–Crippen LogP) is 4.82. The lowest BCUT2D eigenvalue weighted by atomic mass is 10.1. The van der Waals surface area contributed by atoms with Crippen molar-refractivity contribution in [2.24, 2.45) is 0 Å². The lowest BCUT2D eigenvalue weighted by Crippen LogP contribution is -2.52. The number of nitrogens with zero attached hydrogens (tertiary/aromatic N) is 2. The van der Waals surface area contributed by atoms with Crippen molar-refractivity contribution in [2.45, 2.75) is 26.1 Å². The van der Waals surface area contributed by atoms with E-state index in [2.05, 4.69) is 22.3 Å². The number of nitrogens with one attached hydrogen (secondary N) is 1. The van der Waals surface area contributed by atoms with E-state index in [1.54, 1.807) is 6.92 Å². The fourth-order valence-electron chi connectivity index (χ4n) is 3.46. The summed E-state index contributed by atoms with van der Waals surface area (Å²) in [5.74, 6) is -0.471. The largest absolute Gasteiger partial charge is 0.418 e. The molecule has 0 aromatic heterocycles. The number of carbonyl (C=O) groups excluding carboxylic acids is 1. The van der Waals surface area contributed by atoms with Crippen LogP contribution in [0.4, 0.5) is 24.5 Å². The second-order valence-electron chi connectivity index (χ2n) is 7.21. The number of carbonyl (C=O) groups is 1. The van der Waals surface area contributed by atoms with Crippen LogP contribution < -0.4 is 10.2 Å². The van der Waals surface area contributed by atoms with E-state index in [0.29, 0.717) is 13.1 Å². The number of benzene rings is 2. The van der Waals surface area contributed by atoms with E-state index >= 15 is 0 Å². The van der Waals surface area contributed by atoms with Crippen LogP contribution in [-0.2, 0) is 11.0 Å². The molecule has 1 aliphatic heterocycles. The molecular weight excluding hydrogens is 403 g/mol. The maximum absolute atomic E-state index is 13.2. The molecule has 0 bridgehead atoms. The summed E-state index contributed by atoms with van der Waals surface area (Å²) in [6.07, 6.45) is -4.60. The first-order chi connectivity index (χ1) is 13.6. The highest BCUT2D eigenvalue weighted by atomic mass is 35.5. The van der Waals surface area contributed by atoms with Gasteiger partial charge < -0.3 is 10.2 Å². The molecule has 1 heterocycles.